The molecule has 0 aliphatic carbocycles. The molecule has 1 aliphatic rings. The Morgan fingerprint density at radius 1 is 1.00 bits per heavy atom. The summed E-state index contributed by atoms with van der Waals surface area (Å²) >= 11 is 0. The molecule has 0 bridgehead atoms. The molecule has 0 radical (unpaired) electrons. The Hall–Kier alpha value is -3.61. The molecule has 26 heavy (non-hydrogen) atoms. The lowest BCUT2D eigenvalue weighted by Crippen LogP contribution is -2.36. The summed E-state index contributed by atoms with van der Waals surface area (Å²) in [7, 11) is 0. The van der Waals surface area contributed by atoms with Crippen molar-refractivity contribution in [1.29, 1.82) is 0 Å². The molecule has 0 unspecified atom stereocenters. The number of nitrogens with zero attached hydrogens (tertiary/aromatic N) is 2. The summed E-state index contributed by atoms with van der Waals surface area (Å²) in [5.41, 5.74) is 2.56. The van der Waals surface area contributed by atoms with Crippen LogP contribution in [-0.2, 0) is 16.0 Å². The van der Waals surface area contributed by atoms with Crippen LogP contribution in [-0.4, -0.2) is 29.3 Å². The first-order valence-corrected chi connectivity index (χ1v) is 8.11. The van der Waals surface area contributed by atoms with Crippen LogP contribution in [0.1, 0.15) is 15.9 Å². The number of aromatic amines is 1. The van der Waals surface area contributed by atoms with Crippen molar-refractivity contribution in [2.24, 2.45) is 9.98 Å². The van der Waals surface area contributed by atoms with Gasteiger partial charge in [-0.2, -0.15) is 0 Å². The molecule has 4 rings (SSSR count). The van der Waals surface area contributed by atoms with Gasteiger partial charge < -0.3 is 10.3 Å². The van der Waals surface area contributed by atoms with Crippen LogP contribution in [0.2, 0.25) is 0 Å². The molecule has 2 heterocycles. The summed E-state index contributed by atoms with van der Waals surface area (Å²) in [6.45, 7) is 0.469. The van der Waals surface area contributed by atoms with Crippen molar-refractivity contribution in [3.05, 3.63) is 70.5 Å². The fourth-order valence-electron chi connectivity index (χ4n) is 2.91. The van der Waals surface area contributed by atoms with E-state index in [2.05, 4.69) is 20.3 Å². The zero-order chi connectivity index (χ0) is 18.1. The van der Waals surface area contributed by atoms with E-state index >= 15 is 0 Å². The van der Waals surface area contributed by atoms with Crippen LogP contribution in [0.3, 0.4) is 0 Å². The van der Waals surface area contributed by atoms with Crippen molar-refractivity contribution in [2.75, 3.05) is 6.54 Å². The third-order valence-electron chi connectivity index (χ3n) is 4.22. The summed E-state index contributed by atoms with van der Waals surface area (Å²) in [5, 5.41) is 4.52. The normalized spacial score (nSPS) is 13.1. The first-order chi connectivity index (χ1) is 12.6. The van der Waals surface area contributed by atoms with E-state index in [-0.39, 0.29) is 11.3 Å². The number of para-hydroxylation sites is 1. The summed E-state index contributed by atoms with van der Waals surface area (Å²) < 4.78 is 0. The van der Waals surface area contributed by atoms with Crippen molar-refractivity contribution >= 4 is 28.6 Å². The lowest BCUT2D eigenvalue weighted by atomic mass is 10.1. The van der Waals surface area contributed by atoms with Gasteiger partial charge in [-0.15, -0.1) is 0 Å². The minimum Gasteiger partial charge on any atom is -0.361 e. The molecule has 0 saturated heterocycles. The highest BCUT2D eigenvalue weighted by Crippen LogP contribution is 2.17. The number of aromatic nitrogens is 1. The molecule has 3 amide bonds. The third kappa shape index (κ3) is 2.90. The predicted molar refractivity (Wildman–Crippen MR) is 93.1 cm³/mol. The topological polar surface area (TPSA) is 104 Å². The first kappa shape index (κ1) is 15.9. The Labute approximate surface area is 147 Å². The van der Waals surface area contributed by atoms with Gasteiger partial charge in [0.1, 0.15) is 0 Å². The second kappa shape index (κ2) is 6.36. The molecule has 3 aromatic rings. The van der Waals surface area contributed by atoms with E-state index in [1.165, 1.54) is 12.1 Å². The van der Waals surface area contributed by atoms with Gasteiger partial charge >= 0.3 is 11.8 Å². The quantitative estimate of drug-likeness (QED) is 0.670. The minimum absolute atomic E-state index is 0.235. The Morgan fingerprint density at radius 3 is 2.62 bits per heavy atom. The van der Waals surface area contributed by atoms with E-state index in [1.54, 1.807) is 6.07 Å². The second-order valence-corrected chi connectivity index (χ2v) is 5.90. The summed E-state index contributed by atoms with van der Waals surface area (Å²) in [5.74, 6) is -2.09. The number of nitrogens with one attached hydrogen (secondary N) is 2. The molecule has 1 aliphatic heterocycles. The Bertz CT molecular complexity index is 1180. The Kier molecular flexibility index (Phi) is 3.89. The smallest absolute Gasteiger partial charge is 0.338 e. The number of benzene rings is 2. The molecule has 0 atom stereocenters. The van der Waals surface area contributed by atoms with Gasteiger partial charge in [-0.1, -0.05) is 18.2 Å². The predicted octanol–water partition coefficient (Wildman–Crippen LogP) is 0.446. The molecule has 7 heteroatoms. The highest BCUT2D eigenvalue weighted by molar-refractivity contribution is 6.36. The third-order valence-corrected chi connectivity index (χ3v) is 4.22. The molecule has 0 spiro atoms. The molecule has 7 nitrogen and oxygen atoms in total. The van der Waals surface area contributed by atoms with Crippen molar-refractivity contribution in [1.82, 2.24) is 10.3 Å². The van der Waals surface area contributed by atoms with Crippen LogP contribution < -0.4 is 16.0 Å². The largest absolute Gasteiger partial charge is 0.361 e. The van der Waals surface area contributed by atoms with Gasteiger partial charge in [0.05, 0.1) is 10.7 Å². The number of hydrogen-bond donors (Lipinski definition) is 2. The van der Waals surface area contributed by atoms with Crippen molar-refractivity contribution < 1.29 is 14.4 Å². The van der Waals surface area contributed by atoms with Crippen molar-refractivity contribution in [3.63, 3.8) is 0 Å². The molecule has 0 saturated carbocycles. The lowest BCUT2D eigenvalue weighted by molar-refractivity contribution is -0.135. The monoisotopic (exact) mass is 346 g/mol. The van der Waals surface area contributed by atoms with Gasteiger partial charge in [0.25, 0.3) is 5.91 Å². The Balaban J connectivity index is 1.47. The van der Waals surface area contributed by atoms with Gasteiger partial charge in [-0.3, -0.25) is 14.4 Å². The highest BCUT2D eigenvalue weighted by atomic mass is 16.2. The standard InChI is InChI=1S/C19H14N4O3/c24-17(11-5-6-15-16(9-11)23-19(26)18(25)22-15)20-8-7-12-10-21-14-4-2-1-3-13(12)14/h1-6,9-10,21H,7-8H2,(H,20,24). The summed E-state index contributed by atoms with van der Waals surface area (Å²) in [6.07, 6.45) is 2.63. The van der Waals surface area contributed by atoms with E-state index in [0.29, 0.717) is 23.9 Å². The average Bonchev–Trinajstić information content (AvgIpc) is 3.05. The molecule has 0 fully saturated rings. The summed E-state index contributed by atoms with van der Waals surface area (Å²) in [4.78, 5) is 45.4. The number of rotatable bonds is 4. The molecule has 2 aromatic carbocycles. The minimum atomic E-state index is -0.922. The van der Waals surface area contributed by atoms with Gasteiger partial charge in [-0.05, 0) is 36.2 Å². The molecule has 128 valence electrons. The maximum Gasteiger partial charge on any atom is 0.338 e. The maximum atomic E-state index is 12.3. The van der Waals surface area contributed by atoms with E-state index in [1.807, 2.05) is 30.5 Å². The van der Waals surface area contributed by atoms with Crippen LogP contribution in [0.25, 0.3) is 10.9 Å². The maximum absolute atomic E-state index is 12.3. The second-order valence-electron chi connectivity index (χ2n) is 5.90. The number of fused-ring (bicyclic) bond motifs is 2. The van der Waals surface area contributed by atoms with Crippen LogP contribution in [0.5, 0.6) is 0 Å². The van der Waals surface area contributed by atoms with Crippen LogP contribution in [0, 0.1) is 0 Å². The van der Waals surface area contributed by atoms with E-state index in [4.69, 9.17) is 0 Å². The van der Waals surface area contributed by atoms with Crippen LogP contribution >= 0.6 is 0 Å². The SMILES string of the molecule is O=C1N=c2ccc(C(=O)NCCc3c[nH]c4ccccc34)cc2=NC1=O. The lowest BCUT2D eigenvalue weighted by Gasteiger charge is -2.05. The van der Waals surface area contributed by atoms with Gasteiger partial charge in [0.2, 0.25) is 0 Å². The van der Waals surface area contributed by atoms with E-state index in [0.717, 1.165) is 16.5 Å². The zero-order valence-corrected chi connectivity index (χ0v) is 13.7. The fraction of sp³-hybridized carbons (Fsp3) is 0.105. The number of carbonyl (C=O) groups is 3. The van der Waals surface area contributed by atoms with Crippen molar-refractivity contribution in [3.8, 4) is 0 Å². The average molecular weight is 346 g/mol. The zero-order valence-electron chi connectivity index (χ0n) is 13.7. The van der Waals surface area contributed by atoms with Gasteiger partial charge in [-0.25, -0.2) is 9.98 Å². The van der Waals surface area contributed by atoms with Gasteiger partial charge in [0, 0.05) is 29.2 Å². The van der Waals surface area contributed by atoms with Crippen LogP contribution in [0.15, 0.2) is 58.6 Å². The molecule has 2 N–H and O–H groups in total. The number of hydrogen-bond acceptors (Lipinski definition) is 3. The summed E-state index contributed by atoms with van der Waals surface area (Å²) in [6, 6.07) is 12.5. The van der Waals surface area contributed by atoms with Crippen LogP contribution in [0.4, 0.5) is 0 Å². The highest BCUT2D eigenvalue weighted by Gasteiger charge is 2.16. The molecular formula is C19H14N4O3. The first-order valence-electron chi connectivity index (χ1n) is 8.11. The number of H-pyrrole nitrogens is 1. The Morgan fingerprint density at radius 2 is 1.77 bits per heavy atom. The van der Waals surface area contributed by atoms with Crippen molar-refractivity contribution in [2.45, 2.75) is 6.42 Å². The number of carbonyl (C=O) groups excluding carboxylic acids is 3. The molecule has 1 aromatic heterocycles. The van der Waals surface area contributed by atoms with E-state index in [9.17, 15) is 14.4 Å². The fourth-order valence-corrected chi connectivity index (χ4v) is 2.91. The molecular weight excluding hydrogens is 332 g/mol. The number of amides is 3. The van der Waals surface area contributed by atoms with Gasteiger partial charge in [0.15, 0.2) is 0 Å². The van der Waals surface area contributed by atoms with E-state index < -0.39 is 11.8 Å².